The molecule has 0 saturated heterocycles. The Morgan fingerprint density at radius 1 is 1.16 bits per heavy atom. The fraction of sp³-hybridized carbons (Fsp3) is 0.562. The van der Waals surface area contributed by atoms with Gasteiger partial charge in [-0.1, -0.05) is 51.7 Å². The van der Waals surface area contributed by atoms with E-state index in [1.807, 2.05) is 12.1 Å². The summed E-state index contributed by atoms with van der Waals surface area (Å²) < 4.78 is 0. The van der Waals surface area contributed by atoms with Gasteiger partial charge in [-0.2, -0.15) is 0 Å². The summed E-state index contributed by atoms with van der Waals surface area (Å²) in [5, 5.41) is 12.3. The average molecular weight is 263 g/mol. The van der Waals surface area contributed by atoms with E-state index < -0.39 is 5.97 Å². The Balaban J connectivity index is 2.21. The molecule has 0 aliphatic heterocycles. The number of para-hydroxylation sites is 1. The zero-order valence-electron chi connectivity index (χ0n) is 12.0. The predicted octanol–water partition coefficient (Wildman–Crippen LogP) is 4.40. The molecule has 0 aliphatic rings. The third kappa shape index (κ3) is 6.27. The first kappa shape index (κ1) is 15.5. The van der Waals surface area contributed by atoms with E-state index in [1.54, 1.807) is 12.1 Å². The molecule has 3 heteroatoms. The van der Waals surface area contributed by atoms with Gasteiger partial charge in [0.15, 0.2) is 0 Å². The van der Waals surface area contributed by atoms with Crippen LogP contribution in [0, 0.1) is 5.92 Å². The molecule has 106 valence electrons. The normalized spacial score (nSPS) is 10.7. The van der Waals surface area contributed by atoms with Gasteiger partial charge in [-0.25, -0.2) is 4.79 Å². The Morgan fingerprint density at radius 2 is 1.84 bits per heavy atom. The van der Waals surface area contributed by atoms with E-state index in [-0.39, 0.29) is 0 Å². The topological polar surface area (TPSA) is 49.3 Å². The minimum Gasteiger partial charge on any atom is -0.478 e. The lowest BCUT2D eigenvalue weighted by molar-refractivity contribution is 0.0698. The minimum atomic E-state index is -0.875. The monoisotopic (exact) mass is 263 g/mol. The average Bonchev–Trinajstić information content (AvgIpc) is 2.37. The number of carboxylic acid groups (broad SMARTS) is 1. The number of aromatic carboxylic acids is 1. The largest absolute Gasteiger partial charge is 0.478 e. The van der Waals surface area contributed by atoms with Crippen molar-refractivity contribution in [2.45, 2.75) is 46.0 Å². The Labute approximate surface area is 116 Å². The third-order valence-electron chi connectivity index (χ3n) is 3.18. The zero-order valence-corrected chi connectivity index (χ0v) is 12.0. The van der Waals surface area contributed by atoms with Crippen molar-refractivity contribution in [3.8, 4) is 0 Å². The summed E-state index contributed by atoms with van der Waals surface area (Å²) in [5.41, 5.74) is 1.07. The first-order valence-electron chi connectivity index (χ1n) is 7.17. The van der Waals surface area contributed by atoms with Crippen LogP contribution in [-0.4, -0.2) is 17.6 Å². The van der Waals surface area contributed by atoms with Gasteiger partial charge in [0, 0.05) is 12.2 Å². The molecule has 0 heterocycles. The SMILES string of the molecule is CC(C)CCCCCCNc1ccccc1C(=O)O. The van der Waals surface area contributed by atoms with Gasteiger partial charge in [0.25, 0.3) is 0 Å². The lowest BCUT2D eigenvalue weighted by Crippen LogP contribution is -2.07. The Morgan fingerprint density at radius 3 is 2.53 bits per heavy atom. The molecule has 1 aromatic rings. The predicted molar refractivity (Wildman–Crippen MR) is 79.8 cm³/mol. The second-order valence-electron chi connectivity index (χ2n) is 5.37. The number of anilines is 1. The highest BCUT2D eigenvalue weighted by Gasteiger charge is 2.07. The summed E-state index contributed by atoms with van der Waals surface area (Å²) in [6.07, 6.45) is 6.15. The van der Waals surface area contributed by atoms with Crippen molar-refractivity contribution in [2.24, 2.45) is 5.92 Å². The van der Waals surface area contributed by atoms with Crippen LogP contribution in [0.2, 0.25) is 0 Å². The number of nitrogens with one attached hydrogen (secondary N) is 1. The summed E-state index contributed by atoms with van der Waals surface area (Å²) in [6.45, 7) is 5.35. The van der Waals surface area contributed by atoms with E-state index in [9.17, 15) is 4.79 Å². The number of carbonyl (C=O) groups is 1. The maximum Gasteiger partial charge on any atom is 0.337 e. The van der Waals surface area contributed by atoms with Gasteiger partial charge in [0.2, 0.25) is 0 Å². The van der Waals surface area contributed by atoms with Crippen LogP contribution < -0.4 is 5.32 Å². The van der Waals surface area contributed by atoms with Crippen molar-refractivity contribution in [1.29, 1.82) is 0 Å². The molecule has 0 amide bonds. The van der Waals surface area contributed by atoms with Crippen LogP contribution in [0.15, 0.2) is 24.3 Å². The molecule has 3 nitrogen and oxygen atoms in total. The van der Waals surface area contributed by atoms with Crippen molar-refractivity contribution < 1.29 is 9.90 Å². The third-order valence-corrected chi connectivity index (χ3v) is 3.18. The fourth-order valence-electron chi connectivity index (χ4n) is 2.08. The van der Waals surface area contributed by atoms with Gasteiger partial charge in [-0.05, 0) is 24.5 Å². The van der Waals surface area contributed by atoms with Gasteiger partial charge in [0.05, 0.1) is 5.56 Å². The molecular formula is C16H25NO2. The van der Waals surface area contributed by atoms with Gasteiger partial charge in [0.1, 0.15) is 0 Å². The second-order valence-corrected chi connectivity index (χ2v) is 5.37. The lowest BCUT2D eigenvalue weighted by Gasteiger charge is -2.09. The quantitative estimate of drug-likeness (QED) is 0.649. The molecule has 0 saturated carbocycles. The molecule has 0 aromatic heterocycles. The first-order valence-corrected chi connectivity index (χ1v) is 7.17. The van der Waals surface area contributed by atoms with Gasteiger partial charge < -0.3 is 10.4 Å². The molecular weight excluding hydrogens is 238 g/mol. The van der Waals surface area contributed by atoms with Gasteiger partial charge >= 0.3 is 5.97 Å². The molecule has 0 bridgehead atoms. The van der Waals surface area contributed by atoms with Crippen molar-refractivity contribution in [2.75, 3.05) is 11.9 Å². The number of benzene rings is 1. The highest BCUT2D eigenvalue weighted by Crippen LogP contribution is 2.15. The fourth-order valence-corrected chi connectivity index (χ4v) is 2.08. The smallest absolute Gasteiger partial charge is 0.337 e. The molecule has 0 spiro atoms. The molecule has 2 N–H and O–H groups in total. The van der Waals surface area contributed by atoms with Crippen LogP contribution in [0.4, 0.5) is 5.69 Å². The number of rotatable bonds is 9. The van der Waals surface area contributed by atoms with Crippen molar-refractivity contribution in [3.63, 3.8) is 0 Å². The Hall–Kier alpha value is -1.51. The molecule has 0 atom stereocenters. The van der Waals surface area contributed by atoms with Crippen LogP contribution in [0.25, 0.3) is 0 Å². The highest BCUT2D eigenvalue weighted by atomic mass is 16.4. The summed E-state index contributed by atoms with van der Waals surface area (Å²) >= 11 is 0. The molecule has 0 radical (unpaired) electrons. The molecule has 0 unspecified atom stereocenters. The van der Waals surface area contributed by atoms with E-state index >= 15 is 0 Å². The van der Waals surface area contributed by atoms with E-state index in [4.69, 9.17) is 5.11 Å². The number of hydrogen-bond donors (Lipinski definition) is 2. The summed E-state index contributed by atoms with van der Waals surface area (Å²) in [4.78, 5) is 11.0. The van der Waals surface area contributed by atoms with Crippen molar-refractivity contribution in [1.82, 2.24) is 0 Å². The van der Waals surface area contributed by atoms with E-state index in [0.717, 1.165) is 24.6 Å². The molecule has 1 rings (SSSR count). The summed E-state index contributed by atoms with van der Waals surface area (Å²) in [7, 11) is 0. The standard InChI is InChI=1S/C16H25NO2/c1-13(2)9-5-3-4-8-12-17-15-11-7-6-10-14(15)16(18)19/h6-7,10-11,13,17H,3-5,8-9,12H2,1-2H3,(H,18,19). The maximum absolute atomic E-state index is 11.0. The molecule has 0 fully saturated rings. The van der Waals surface area contributed by atoms with Crippen LogP contribution in [0.3, 0.4) is 0 Å². The number of unbranched alkanes of at least 4 members (excludes halogenated alkanes) is 3. The maximum atomic E-state index is 11.0. The van der Waals surface area contributed by atoms with Gasteiger partial charge in [-0.15, -0.1) is 0 Å². The molecule has 1 aromatic carbocycles. The lowest BCUT2D eigenvalue weighted by atomic mass is 10.0. The summed E-state index contributed by atoms with van der Waals surface area (Å²) in [6, 6.07) is 7.06. The van der Waals surface area contributed by atoms with Crippen LogP contribution in [0.5, 0.6) is 0 Å². The Bertz CT molecular complexity index is 388. The van der Waals surface area contributed by atoms with Gasteiger partial charge in [-0.3, -0.25) is 0 Å². The van der Waals surface area contributed by atoms with Crippen LogP contribution in [0.1, 0.15) is 56.3 Å². The molecule has 19 heavy (non-hydrogen) atoms. The van der Waals surface area contributed by atoms with E-state index in [0.29, 0.717) is 5.56 Å². The first-order chi connectivity index (χ1) is 9.11. The van der Waals surface area contributed by atoms with E-state index in [1.165, 1.54) is 25.7 Å². The number of carboxylic acids is 1. The highest BCUT2D eigenvalue weighted by molar-refractivity contribution is 5.94. The van der Waals surface area contributed by atoms with E-state index in [2.05, 4.69) is 19.2 Å². The Kier molecular flexibility index (Phi) is 7.01. The van der Waals surface area contributed by atoms with Crippen LogP contribution >= 0.6 is 0 Å². The summed E-state index contributed by atoms with van der Waals surface area (Å²) in [5.74, 6) is -0.0828. The number of hydrogen-bond acceptors (Lipinski definition) is 2. The molecule has 0 aliphatic carbocycles. The minimum absolute atomic E-state index is 0.349. The second kappa shape index (κ2) is 8.57. The zero-order chi connectivity index (χ0) is 14.1. The van der Waals surface area contributed by atoms with Crippen LogP contribution in [-0.2, 0) is 0 Å². The van der Waals surface area contributed by atoms with Crippen molar-refractivity contribution >= 4 is 11.7 Å². The van der Waals surface area contributed by atoms with Crippen molar-refractivity contribution in [3.05, 3.63) is 29.8 Å².